The van der Waals surface area contributed by atoms with Gasteiger partial charge >= 0.3 is 5.97 Å². The van der Waals surface area contributed by atoms with Crippen molar-refractivity contribution >= 4 is 29.5 Å². The summed E-state index contributed by atoms with van der Waals surface area (Å²) in [4.78, 5) is 12.3. The molecule has 3 heteroatoms. The first-order valence-corrected chi connectivity index (χ1v) is 6.56. The zero-order valence-corrected chi connectivity index (χ0v) is 11.2. The molecule has 2 rings (SSSR count). The largest absolute Gasteiger partial charge is 0.465 e. The van der Waals surface area contributed by atoms with E-state index in [2.05, 4.69) is 25.2 Å². The summed E-state index contributed by atoms with van der Waals surface area (Å²) < 4.78 is 5.98. The lowest BCUT2D eigenvalue weighted by Gasteiger charge is -1.96. The Morgan fingerprint density at radius 2 is 2.24 bits per heavy atom. The molecule has 0 amide bonds. The van der Waals surface area contributed by atoms with Crippen LogP contribution in [0.4, 0.5) is 0 Å². The second-order valence-electron chi connectivity index (χ2n) is 4.08. The van der Waals surface area contributed by atoms with Crippen molar-refractivity contribution in [3.05, 3.63) is 31.8 Å². The van der Waals surface area contributed by atoms with Crippen LogP contribution in [-0.2, 0) is 4.74 Å². The van der Waals surface area contributed by atoms with E-state index in [1.54, 1.807) is 0 Å². The van der Waals surface area contributed by atoms with Crippen LogP contribution in [0.25, 0.3) is 12.2 Å². The van der Waals surface area contributed by atoms with E-state index in [0.29, 0.717) is 0 Å². The highest BCUT2D eigenvalue weighted by Gasteiger charge is 2.14. The number of carbonyl (C=O) groups is 1. The first-order valence-electron chi connectivity index (χ1n) is 5.75. The summed E-state index contributed by atoms with van der Waals surface area (Å²) in [6, 6.07) is 0. The molecule has 0 N–H and O–H groups in total. The average molecular weight is 248 g/mol. The molecule has 1 aromatic rings. The number of rotatable bonds is 2. The highest BCUT2D eigenvalue weighted by Crippen LogP contribution is 2.13. The number of carbonyl (C=O) groups excluding carboxylic acids is 1. The molecule has 0 radical (unpaired) electrons. The molecule has 0 spiro atoms. The predicted molar refractivity (Wildman–Crippen MR) is 71.6 cm³/mol. The zero-order valence-electron chi connectivity index (χ0n) is 10.4. The zero-order chi connectivity index (χ0) is 12.4. The molecule has 0 fully saturated rings. The van der Waals surface area contributed by atoms with E-state index in [1.165, 1.54) is 33.8 Å². The maximum atomic E-state index is 11.6. The molecule has 2 nitrogen and oxygen atoms in total. The second-order valence-corrected chi connectivity index (χ2v) is 5.13. The third-order valence-corrected chi connectivity index (χ3v) is 4.37. The molecule has 0 bridgehead atoms. The van der Waals surface area contributed by atoms with Gasteiger partial charge in [-0.2, -0.15) is 0 Å². The van der Waals surface area contributed by atoms with Crippen LogP contribution in [0, 0.1) is 6.92 Å². The van der Waals surface area contributed by atoms with Crippen molar-refractivity contribution in [3.63, 3.8) is 0 Å². The Morgan fingerprint density at radius 3 is 2.88 bits per heavy atom. The van der Waals surface area contributed by atoms with Gasteiger partial charge in [-0.25, -0.2) is 4.79 Å². The summed E-state index contributed by atoms with van der Waals surface area (Å²) in [5, 5.41) is 1.17. The molecule has 1 aliphatic carbocycles. The fraction of sp³-hybridized carbons (Fsp3) is 0.357. The topological polar surface area (TPSA) is 26.3 Å². The molecule has 1 aliphatic rings. The monoisotopic (exact) mass is 248 g/mol. The van der Waals surface area contributed by atoms with Crippen LogP contribution in [0.3, 0.4) is 0 Å². The summed E-state index contributed by atoms with van der Waals surface area (Å²) in [5.74, 6) is -0.234. The SMILES string of the molecule is CCC1=CC=c2c(C)c(C(=O)OC)sc2=CC1. The van der Waals surface area contributed by atoms with E-state index in [0.717, 1.165) is 23.3 Å². The molecule has 0 aliphatic heterocycles. The first kappa shape index (κ1) is 12.1. The van der Waals surface area contributed by atoms with Gasteiger partial charge in [0.1, 0.15) is 4.88 Å². The van der Waals surface area contributed by atoms with Gasteiger partial charge in [0, 0.05) is 4.53 Å². The lowest BCUT2D eigenvalue weighted by atomic mass is 10.1. The minimum Gasteiger partial charge on any atom is -0.465 e. The predicted octanol–water partition coefficient (Wildman–Crippen LogP) is 2.14. The van der Waals surface area contributed by atoms with Crippen molar-refractivity contribution < 1.29 is 9.53 Å². The Kier molecular flexibility index (Phi) is 3.48. The van der Waals surface area contributed by atoms with Crippen LogP contribution < -0.4 is 9.75 Å². The summed E-state index contributed by atoms with van der Waals surface area (Å²) >= 11 is 1.53. The average Bonchev–Trinajstić information content (AvgIpc) is 2.54. The van der Waals surface area contributed by atoms with Gasteiger partial charge in [0.25, 0.3) is 0 Å². The molecule has 0 saturated heterocycles. The van der Waals surface area contributed by atoms with E-state index in [9.17, 15) is 4.79 Å². The number of allylic oxidation sites excluding steroid dienone is 2. The van der Waals surface area contributed by atoms with Crippen molar-refractivity contribution in [2.24, 2.45) is 0 Å². The fourth-order valence-electron chi connectivity index (χ4n) is 1.95. The van der Waals surface area contributed by atoms with Crippen LogP contribution in [0.2, 0.25) is 0 Å². The van der Waals surface area contributed by atoms with Gasteiger partial charge in [-0.1, -0.05) is 30.7 Å². The van der Waals surface area contributed by atoms with Gasteiger partial charge < -0.3 is 4.74 Å². The van der Waals surface area contributed by atoms with Gasteiger partial charge in [-0.05, 0) is 30.5 Å². The molecule has 0 saturated carbocycles. The standard InChI is InChI=1S/C14H16O2S/c1-4-10-5-7-11-9(2)13(14(15)16-3)17-12(11)8-6-10/h5,7-8H,4,6H2,1-3H3. The summed E-state index contributed by atoms with van der Waals surface area (Å²) in [5.41, 5.74) is 2.45. The van der Waals surface area contributed by atoms with Crippen LogP contribution >= 0.6 is 11.3 Å². The Bertz CT molecular complexity index is 590. The highest BCUT2D eigenvalue weighted by atomic mass is 32.1. The minimum atomic E-state index is -0.234. The number of esters is 1. The molecule has 1 aromatic heterocycles. The van der Waals surface area contributed by atoms with Crippen molar-refractivity contribution in [1.29, 1.82) is 0 Å². The number of hydrogen-bond acceptors (Lipinski definition) is 3. The number of thiophene rings is 1. The second kappa shape index (κ2) is 4.88. The first-order chi connectivity index (χ1) is 8.17. The Balaban J connectivity index is 2.60. The lowest BCUT2D eigenvalue weighted by molar-refractivity contribution is 0.0605. The van der Waals surface area contributed by atoms with Crippen molar-refractivity contribution in [1.82, 2.24) is 0 Å². The minimum absolute atomic E-state index is 0.234. The van der Waals surface area contributed by atoms with Gasteiger partial charge in [-0.3, -0.25) is 0 Å². The van der Waals surface area contributed by atoms with Crippen molar-refractivity contribution in [2.45, 2.75) is 26.7 Å². The maximum Gasteiger partial charge on any atom is 0.348 e. The third kappa shape index (κ3) is 2.20. The van der Waals surface area contributed by atoms with Gasteiger partial charge in [0.05, 0.1) is 7.11 Å². The van der Waals surface area contributed by atoms with Gasteiger partial charge in [-0.15, -0.1) is 11.3 Å². The molecule has 0 aromatic carbocycles. The van der Waals surface area contributed by atoms with Gasteiger partial charge in [0.15, 0.2) is 0 Å². The summed E-state index contributed by atoms with van der Waals surface area (Å²) in [7, 11) is 1.43. The third-order valence-electron chi connectivity index (χ3n) is 3.08. The molecule has 1 heterocycles. The quantitative estimate of drug-likeness (QED) is 0.750. The number of fused-ring (bicyclic) bond motifs is 1. The van der Waals surface area contributed by atoms with Crippen LogP contribution in [0.1, 0.15) is 35.0 Å². The lowest BCUT2D eigenvalue weighted by Crippen LogP contribution is -2.19. The molecule has 90 valence electrons. The maximum absolute atomic E-state index is 11.6. The van der Waals surface area contributed by atoms with Crippen LogP contribution in [0.15, 0.2) is 11.6 Å². The molecular formula is C14H16O2S. The normalized spacial score (nSPS) is 13.9. The van der Waals surface area contributed by atoms with Crippen molar-refractivity contribution in [3.8, 4) is 0 Å². The van der Waals surface area contributed by atoms with Crippen molar-refractivity contribution in [2.75, 3.05) is 7.11 Å². The van der Waals surface area contributed by atoms with E-state index in [4.69, 9.17) is 4.74 Å². The van der Waals surface area contributed by atoms with E-state index in [-0.39, 0.29) is 5.97 Å². The molecule has 0 atom stereocenters. The fourth-order valence-corrected chi connectivity index (χ4v) is 3.10. The molecule has 0 unspecified atom stereocenters. The Hall–Kier alpha value is -1.35. The van der Waals surface area contributed by atoms with Crippen LogP contribution in [0.5, 0.6) is 0 Å². The Morgan fingerprint density at radius 1 is 1.47 bits per heavy atom. The molecule has 17 heavy (non-hydrogen) atoms. The number of ether oxygens (including phenoxy) is 1. The Labute approximate surface area is 105 Å². The van der Waals surface area contributed by atoms with Crippen LogP contribution in [-0.4, -0.2) is 13.1 Å². The smallest absolute Gasteiger partial charge is 0.348 e. The number of methoxy groups -OCH3 is 1. The number of hydrogen-bond donors (Lipinski definition) is 0. The van der Waals surface area contributed by atoms with Gasteiger partial charge in [0.2, 0.25) is 0 Å². The van der Waals surface area contributed by atoms with E-state index < -0.39 is 0 Å². The highest BCUT2D eigenvalue weighted by molar-refractivity contribution is 7.12. The van der Waals surface area contributed by atoms with E-state index in [1.807, 2.05) is 6.92 Å². The summed E-state index contributed by atoms with van der Waals surface area (Å²) in [6.45, 7) is 4.15. The molecular weight excluding hydrogens is 232 g/mol. The van der Waals surface area contributed by atoms with E-state index >= 15 is 0 Å². The summed E-state index contributed by atoms with van der Waals surface area (Å²) in [6.07, 6.45) is 8.54.